The third-order valence-electron chi connectivity index (χ3n) is 3.43. The van der Waals surface area contributed by atoms with Crippen molar-refractivity contribution in [1.29, 1.82) is 0 Å². The second kappa shape index (κ2) is 8.34. The maximum absolute atomic E-state index is 11.1. The Morgan fingerprint density at radius 2 is 1.78 bits per heavy atom. The van der Waals surface area contributed by atoms with Gasteiger partial charge in [-0.05, 0) is 37.1 Å². The molecule has 0 spiro atoms. The summed E-state index contributed by atoms with van der Waals surface area (Å²) in [6, 6.07) is 15.4. The Morgan fingerprint density at radius 1 is 1.09 bits per heavy atom. The Kier molecular flexibility index (Phi) is 6.18. The van der Waals surface area contributed by atoms with E-state index < -0.39 is 0 Å². The van der Waals surface area contributed by atoms with E-state index in [0.717, 1.165) is 17.7 Å². The van der Waals surface area contributed by atoms with Crippen LogP contribution in [0.2, 0.25) is 0 Å². The highest BCUT2D eigenvalue weighted by molar-refractivity contribution is 5.69. The third-order valence-corrected chi connectivity index (χ3v) is 3.43. The lowest BCUT2D eigenvalue weighted by molar-refractivity contribution is -0.132. The lowest BCUT2D eigenvalue weighted by atomic mass is 10.1. The van der Waals surface area contributed by atoms with Crippen LogP contribution in [0.3, 0.4) is 0 Å². The molecule has 23 heavy (non-hydrogen) atoms. The highest BCUT2D eigenvalue weighted by Crippen LogP contribution is 2.20. The molecule has 0 aromatic heterocycles. The summed E-state index contributed by atoms with van der Waals surface area (Å²) < 4.78 is 16.2. The molecular weight excluding hydrogens is 292 g/mol. The number of rotatable bonds is 7. The first-order valence-electron chi connectivity index (χ1n) is 7.59. The predicted octanol–water partition coefficient (Wildman–Crippen LogP) is 3.77. The molecule has 0 aliphatic carbocycles. The van der Waals surface area contributed by atoms with Crippen molar-refractivity contribution in [3.63, 3.8) is 0 Å². The minimum absolute atomic E-state index is 0.0498. The van der Waals surface area contributed by atoms with Gasteiger partial charge in [-0.15, -0.1) is 0 Å². The number of hydrogen-bond acceptors (Lipinski definition) is 4. The maximum atomic E-state index is 11.1. The van der Waals surface area contributed by atoms with Crippen LogP contribution in [0.4, 0.5) is 0 Å². The summed E-state index contributed by atoms with van der Waals surface area (Å²) in [7, 11) is 1.65. The van der Waals surface area contributed by atoms with Crippen molar-refractivity contribution in [2.24, 2.45) is 0 Å². The molecular formula is C19H22O4. The number of methoxy groups -OCH3 is 1. The van der Waals surface area contributed by atoms with E-state index in [2.05, 4.69) is 0 Å². The fraction of sp³-hybridized carbons (Fsp3) is 0.316. The summed E-state index contributed by atoms with van der Waals surface area (Å²) in [5.41, 5.74) is 2.05. The van der Waals surface area contributed by atoms with Gasteiger partial charge in [0.25, 0.3) is 0 Å². The van der Waals surface area contributed by atoms with E-state index in [9.17, 15) is 4.79 Å². The normalized spacial score (nSPS) is 11.8. The number of carbonyl (C=O) groups excluding carboxylic acids is 1. The number of hydrogen-bond donors (Lipinski definition) is 0. The molecule has 0 bridgehead atoms. The van der Waals surface area contributed by atoms with Crippen LogP contribution >= 0.6 is 0 Å². The number of benzene rings is 2. The van der Waals surface area contributed by atoms with Gasteiger partial charge in [0, 0.05) is 12.5 Å². The topological polar surface area (TPSA) is 44.8 Å². The molecule has 0 amide bonds. The van der Waals surface area contributed by atoms with Gasteiger partial charge < -0.3 is 14.2 Å². The van der Waals surface area contributed by atoms with Crippen molar-refractivity contribution in [3.8, 4) is 11.5 Å². The van der Waals surface area contributed by atoms with E-state index in [0.29, 0.717) is 12.4 Å². The highest BCUT2D eigenvalue weighted by Gasteiger charge is 2.09. The molecule has 0 fully saturated rings. The van der Waals surface area contributed by atoms with Crippen molar-refractivity contribution in [2.75, 3.05) is 7.11 Å². The molecule has 4 heteroatoms. The molecule has 122 valence electrons. The minimum atomic E-state index is -0.330. The monoisotopic (exact) mass is 314 g/mol. The van der Waals surface area contributed by atoms with E-state index in [4.69, 9.17) is 14.2 Å². The van der Waals surface area contributed by atoms with Gasteiger partial charge >= 0.3 is 5.97 Å². The lowest BCUT2D eigenvalue weighted by Crippen LogP contribution is -2.12. The van der Waals surface area contributed by atoms with Crippen LogP contribution in [0.5, 0.6) is 11.5 Å². The van der Waals surface area contributed by atoms with E-state index >= 15 is 0 Å². The van der Waals surface area contributed by atoms with Gasteiger partial charge in [0.05, 0.1) is 19.8 Å². The molecule has 0 heterocycles. The van der Waals surface area contributed by atoms with Crippen molar-refractivity contribution < 1.29 is 19.0 Å². The van der Waals surface area contributed by atoms with Gasteiger partial charge in [-0.25, -0.2) is 0 Å². The zero-order valence-corrected chi connectivity index (χ0v) is 13.7. The van der Waals surface area contributed by atoms with Crippen LogP contribution in [0.15, 0.2) is 48.5 Å². The van der Waals surface area contributed by atoms with Gasteiger partial charge in [-0.3, -0.25) is 4.79 Å². The molecule has 0 aliphatic rings. The molecule has 1 unspecified atom stereocenters. The first-order chi connectivity index (χ1) is 11.1. The molecule has 0 aliphatic heterocycles. The van der Waals surface area contributed by atoms with Crippen molar-refractivity contribution >= 4 is 5.97 Å². The van der Waals surface area contributed by atoms with Gasteiger partial charge in [-0.1, -0.05) is 30.3 Å². The summed E-state index contributed by atoms with van der Waals surface area (Å²) in [4.78, 5) is 11.1. The van der Waals surface area contributed by atoms with Crippen LogP contribution in [0.1, 0.15) is 25.0 Å². The molecule has 0 N–H and O–H groups in total. The second-order valence-corrected chi connectivity index (χ2v) is 5.38. The van der Waals surface area contributed by atoms with Crippen LogP contribution in [-0.2, 0) is 22.6 Å². The molecule has 4 nitrogen and oxygen atoms in total. The average Bonchev–Trinajstić information content (AvgIpc) is 2.54. The molecule has 0 saturated carbocycles. The highest BCUT2D eigenvalue weighted by atomic mass is 16.5. The predicted molar refractivity (Wildman–Crippen MR) is 88.7 cm³/mol. The summed E-state index contributed by atoms with van der Waals surface area (Å²) >= 11 is 0. The van der Waals surface area contributed by atoms with E-state index in [-0.39, 0.29) is 12.1 Å². The zero-order chi connectivity index (χ0) is 16.7. The first kappa shape index (κ1) is 17.0. The summed E-state index contributed by atoms with van der Waals surface area (Å²) in [5.74, 6) is 1.07. The molecule has 2 aromatic rings. The van der Waals surface area contributed by atoms with Crippen molar-refractivity contribution in [1.82, 2.24) is 0 Å². The van der Waals surface area contributed by atoms with Gasteiger partial charge in [0.1, 0.15) is 11.5 Å². The Hall–Kier alpha value is -2.33. The number of esters is 1. The number of ether oxygens (including phenoxy) is 3. The summed E-state index contributed by atoms with van der Waals surface area (Å²) in [6.07, 6.45) is 0.855. The van der Waals surface area contributed by atoms with Gasteiger partial charge in [0.2, 0.25) is 0 Å². The van der Waals surface area contributed by atoms with E-state index in [1.807, 2.05) is 49.4 Å². The summed E-state index contributed by atoms with van der Waals surface area (Å²) in [6.45, 7) is 3.82. The molecule has 0 saturated heterocycles. The van der Waals surface area contributed by atoms with Crippen molar-refractivity contribution in [3.05, 3.63) is 59.7 Å². The Bertz CT molecular complexity index is 634. The minimum Gasteiger partial charge on any atom is -0.497 e. The van der Waals surface area contributed by atoms with Crippen LogP contribution < -0.4 is 9.47 Å². The first-order valence-corrected chi connectivity index (χ1v) is 7.59. The van der Waals surface area contributed by atoms with E-state index in [1.54, 1.807) is 13.2 Å². The van der Waals surface area contributed by atoms with Crippen LogP contribution in [0.25, 0.3) is 0 Å². The molecule has 1 atom stereocenters. The SMILES string of the molecule is COc1ccc(CC(C)OCc2ccccc2OC(C)=O)cc1. The number of para-hydroxylation sites is 1. The van der Waals surface area contributed by atoms with Crippen LogP contribution in [0, 0.1) is 0 Å². The Morgan fingerprint density at radius 3 is 2.43 bits per heavy atom. The quantitative estimate of drug-likeness (QED) is 0.576. The third kappa shape index (κ3) is 5.42. The smallest absolute Gasteiger partial charge is 0.308 e. The average molecular weight is 314 g/mol. The fourth-order valence-corrected chi connectivity index (χ4v) is 2.26. The maximum Gasteiger partial charge on any atom is 0.308 e. The van der Waals surface area contributed by atoms with Gasteiger partial charge in [-0.2, -0.15) is 0 Å². The summed E-state index contributed by atoms with van der Waals surface area (Å²) in [5, 5.41) is 0. The lowest BCUT2D eigenvalue weighted by Gasteiger charge is -2.15. The van der Waals surface area contributed by atoms with Crippen LogP contribution in [-0.4, -0.2) is 19.2 Å². The largest absolute Gasteiger partial charge is 0.497 e. The molecule has 0 radical (unpaired) electrons. The number of carbonyl (C=O) groups is 1. The Labute approximate surface area is 137 Å². The van der Waals surface area contributed by atoms with Gasteiger partial charge in [0.15, 0.2) is 0 Å². The molecule has 2 aromatic carbocycles. The zero-order valence-electron chi connectivity index (χ0n) is 13.7. The standard InChI is InChI=1S/C19H22O4/c1-14(12-16-8-10-18(21-3)11-9-16)22-13-17-6-4-5-7-19(17)23-15(2)20/h4-11,14H,12-13H2,1-3H3. The van der Waals surface area contributed by atoms with E-state index in [1.165, 1.54) is 12.5 Å². The second-order valence-electron chi connectivity index (χ2n) is 5.38. The fourth-order valence-electron chi connectivity index (χ4n) is 2.26. The molecule has 2 rings (SSSR count). The Balaban J connectivity index is 1.91. The van der Waals surface area contributed by atoms with Crippen molar-refractivity contribution in [2.45, 2.75) is 33.0 Å².